The van der Waals surface area contributed by atoms with E-state index in [4.69, 9.17) is 16.3 Å². The van der Waals surface area contributed by atoms with E-state index in [-0.39, 0.29) is 17.2 Å². The van der Waals surface area contributed by atoms with Crippen LogP contribution in [0.1, 0.15) is 25.0 Å². The van der Waals surface area contributed by atoms with Crippen molar-refractivity contribution < 1.29 is 9.53 Å². The van der Waals surface area contributed by atoms with Crippen LogP contribution in [-0.4, -0.2) is 66.2 Å². The summed E-state index contributed by atoms with van der Waals surface area (Å²) in [6.07, 6.45) is 8.06. The highest BCUT2D eigenvalue weighted by molar-refractivity contribution is 6.28. The molecule has 4 heterocycles. The molecule has 0 saturated carbocycles. The summed E-state index contributed by atoms with van der Waals surface area (Å²) in [7, 11) is 0. The van der Waals surface area contributed by atoms with Gasteiger partial charge in [-0.2, -0.15) is 0 Å². The molecule has 1 unspecified atom stereocenters. The fourth-order valence-electron chi connectivity index (χ4n) is 3.57. The van der Waals surface area contributed by atoms with Gasteiger partial charge in [0.25, 0.3) is 0 Å². The van der Waals surface area contributed by atoms with Gasteiger partial charge >= 0.3 is 0 Å². The Bertz CT molecular complexity index is 834. The van der Waals surface area contributed by atoms with Crippen molar-refractivity contribution in [2.24, 2.45) is 21.8 Å². The normalized spacial score (nSPS) is 24.7. The van der Waals surface area contributed by atoms with E-state index < -0.39 is 0 Å². The molecule has 2 atom stereocenters. The van der Waals surface area contributed by atoms with E-state index in [0.717, 1.165) is 50.3 Å². The largest absolute Gasteiger partial charge is 0.381 e. The highest BCUT2D eigenvalue weighted by Gasteiger charge is 2.24. The molecule has 9 heteroatoms. The van der Waals surface area contributed by atoms with Gasteiger partial charge in [0.2, 0.25) is 11.9 Å². The maximum absolute atomic E-state index is 12.3. The number of dihydropyridines is 1. The monoisotopic (exact) mass is 416 g/mol. The number of aliphatic imine (C=N–C) groups is 2. The lowest BCUT2D eigenvalue weighted by Crippen LogP contribution is -2.36. The third kappa shape index (κ3) is 5.19. The first-order valence-corrected chi connectivity index (χ1v) is 10.5. The summed E-state index contributed by atoms with van der Waals surface area (Å²) >= 11 is 6.49. The molecular weight excluding hydrogens is 392 g/mol. The number of alkyl halides is 1. The maximum Gasteiger partial charge on any atom is 0.234 e. The van der Waals surface area contributed by atoms with Gasteiger partial charge in [-0.3, -0.25) is 14.8 Å². The predicted molar refractivity (Wildman–Crippen MR) is 114 cm³/mol. The first-order chi connectivity index (χ1) is 14.2. The zero-order chi connectivity index (χ0) is 20.1. The Hall–Kier alpha value is -2.32. The van der Waals surface area contributed by atoms with E-state index in [1.54, 1.807) is 18.5 Å². The van der Waals surface area contributed by atoms with E-state index >= 15 is 0 Å². The molecule has 0 bridgehead atoms. The van der Waals surface area contributed by atoms with Crippen LogP contribution in [-0.2, 0) is 9.53 Å². The molecular formula is C20H25ClN6O2. The molecule has 4 rings (SSSR count). The molecule has 0 spiro atoms. The number of nitrogens with one attached hydrogen (secondary N) is 2. The zero-order valence-electron chi connectivity index (χ0n) is 16.2. The minimum Gasteiger partial charge on any atom is -0.381 e. The lowest BCUT2D eigenvalue weighted by molar-refractivity contribution is -0.121. The Morgan fingerprint density at radius 3 is 2.93 bits per heavy atom. The molecule has 3 aliphatic heterocycles. The van der Waals surface area contributed by atoms with Gasteiger partial charge in [-0.25, -0.2) is 9.97 Å². The zero-order valence-corrected chi connectivity index (χ0v) is 16.9. The van der Waals surface area contributed by atoms with Crippen molar-refractivity contribution in [2.75, 3.05) is 38.2 Å². The number of amides is 1. The van der Waals surface area contributed by atoms with Crippen LogP contribution in [0.5, 0.6) is 0 Å². The van der Waals surface area contributed by atoms with Crippen molar-refractivity contribution in [3.63, 3.8) is 0 Å². The van der Waals surface area contributed by atoms with Gasteiger partial charge in [0, 0.05) is 44.3 Å². The Morgan fingerprint density at radius 2 is 2.14 bits per heavy atom. The van der Waals surface area contributed by atoms with Crippen molar-refractivity contribution >= 4 is 41.1 Å². The molecule has 0 aliphatic carbocycles. The summed E-state index contributed by atoms with van der Waals surface area (Å²) in [5, 5.41) is 5.90. The third-order valence-corrected chi connectivity index (χ3v) is 5.71. The van der Waals surface area contributed by atoms with Gasteiger partial charge in [-0.05, 0) is 37.3 Å². The van der Waals surface area contributed by atoms with Gasteiger partial charge in [0.05, 0.1) is 23.5 Å². The van der Waals surface area contributed by atoms with E-state index in [1.165, 1.54) is 0 Å². The van der Waals surface area contributed by atoms with Crippen LogP contribution in [0.4, 0.5) is 5.95 Å². The summed E-state index contributed by atoms with van der Waals surface area (Å²) in [6, 6.07) is 1.83. The molecule has 154 valence electrons. The number of aromatic nitrogens is 2. The van der Waals surface area contributed by atoms with Crippen LogP contribution in [0.3, 0.4) is 0 Å². The summed E-state index contributed by atoms with van der Waals surface area (Å²) in [6.45, 7) is 3.53. The SMILES string of the molecule is O=C(NC1=NCC(Cl)C(c2ccnc(NCC3CCOCC3)n2)=C1)[C@H]1C=NCC1. The number of nitrogens with zero attached hydrogens (tertiary/aromatic N) is 4. The summed E-state index contributed by atoms with van der Waals surface area (Å²) < 4.78 is 5.40. The molecule has 1 aromatic rings. The van der Waals surface area contributed by atoms with Gasteiger partial charge in [-0.15, -0.1) is 11.6 Å². The Morgan fingerprint density at radius 1 is 1.28 bits per heavy atom. The van der Waals surface area contributed by atoms with Crippen LogP contribution in [0.15, 0.2) is 28.3 Å². The summed E-state index contributed by atoms with van der Waals surface area (Å²) in [5.41, 5.74) is 1.56. The second-order valence-electron chi connectivity index (χ2n) is 7.43. The number of hydrogen-bond donors (Lipinski definition) is 2. The number of ether oxygens (including phenoxy) is 1. The molecule has 1 fully saturated rings. The first-order valence-electron chi connectivity index (χ1n) is 10.0. The first kappa shape index (κ1) is 20.0. The van der Waals surface area contributed by atoms with E-state index in [1.807, 2.05) is 6.07 Å². The Balaban J connectivity index is 1.42. The number of carbonyl (C=O) groups excluding carboxylic acids is 1. The Labute approximate surface area is 174 Å². The molecule has 0 aromatic carbocycles. The fraction of sp³-hybridized carbons (Fsp3) is 0.550. The van der Waals surface area contributed by atoms with Gasteiger partial charge < -0.3 is 15.4 Å². The fourth-order valence-corrected chi connectivity index (χ4v) is 3.81. The standard InChI is InChI=1S/C20H25ClN6O2/c21-16-12-24-18(27-19(28)14-1-5-22-11-14)9-15(16)17-2-6-23-20(26-17)25-10-13-3-7-29-8-4-13/h2,6,9,11,13-14,16H,1,3-5,7-8,10,12H2,(H,23,25,26)(H,24,27,28)/t14-,16?/m1/s1. The topological polar surface area (TPSA) is 101 Å². The van der Waals surface area contributed by atoms with Crippen molar-refractivity contribution in [3.05, 3.63) is 24.0 Å². The molecule has 2 N–H and O–H groups in total. The van der Waals surface area contributed by atoms with Gasteiger partial charge in [0.15, 0.2) is 0 Å². The minimum atomic E-state index is -0.304. The van der Waals surface area contributed by atoms with Crippen molar-refractivity contribution in [3.8, 4) is 0 Å². The van der Waals surface area contributed by atoms with Crippen molar-refractivity contribution in [1.29, 1.82) is 0 Å². The van der Waals surface area contributed by atoms with Crippen LogP contribution in [0, 0.1) is 11.8 Å². The van der Waals surface area contributed by atoms with Crippen LogP contribution in [0.25, 0.3) is 5.57 Å². The minimum absolute atomic E-state index is 0.0878. The summed E-state index contributed by atoms with van der Waals surface area (Å²) in [5.74, 6) is 1.38. The molecule has 3 aliphatic rings. The lowest BCUT2D eigenvalue weighted by Gasteiger charge is -2.22. The van der Waals surface area contributed by atoms with Crippen molar-refractivity contribution in [1.82, 2.24) is 15.3 Å². The van der Waals surface area contributed by atoms with Crippen molar-refractivity contribution in [2.45, 2.75) is 24.6 Å². The van der Waals surface area contributed by atoms with E-state index in [0.29, 0.717) is 30.8 Å². The van der Waals surface area contributed by atoms with Crippen LogP contribution in [0.2, 0.25) is 0 Å². The number of hydrogen-bond acceptors (Lipinski definition) is 7. The van der Waals surface area contributed by atoms with Crippen LogP contribution >= 0.6 is 11.6 Å². The number of rotatable bonds is 5. The van der Waals surface area contributed by atoms with Gasteiger partial charge in [-0.1, -0.05) is 0 Å². The quantitative estimate of drug-likeness (QED) is 0.714. The third-order valence-electron chi connectivity index (χ3n) is 5.34. The molecule has 29 heavy (non-hydrogen) atoms. The molecule has 1 aromatic heterocycles. The molecule has 0 radical (unpaired) electrons. The average Bonchev–Trinajstić information content (AvgIpc) is 3.30. The maximum atomic E-state index is 12.3. The number of amidine groups is 1. The Kier molecular flexibility index (Phi) is 6.51. The molecule has 1 saturated heterocycles. The average molecular weight is 417 g/mol. The lowest BCUT2D eigenvalue weighted by atomic mass is 10.0. The highest BCUT2D eigenvalue weighted by Crippen LogP contribution is 2.25. The second-order valence-corrected chi connectivity index (χ2v) is 7.96. The van der Waals surface area contributed by atoms with E-state index in [2.05, 4.69) is 30.6 Å². The smallest absolute Gasteiger partial charge is 0.234 e. The second kappa shape index (κ2) is 9.45. The highest BCUT2D eigenvalue weighted by atomic mass is 35.5. The number of carbonyl (C=O) groups is 1. The molecule has 8 nitrogen and oxygen atoms in total. The van der Waals surface area contributed by atoms with Crippen LogP contribution < -0.4 is 10.6 Å². The number of halogens is 1. The summed E-state index contributed by atoms with van der Waals surface area (Å²) in [4.78, 5) is 29.8. The van der Waals surface area contributed by atoms with Gasteiger partial charge in [0.1, 0.15) is 5.84 Å². The predicted octanol–water partition coefficient (Wildman–Crippen LogP) is 1.92. The van der Waals surface area contributed by atoms with E-state index in [9.17, 15) is 4.79 Å². The molecule has 1 amide bonds. The number of anilines is 1.